The van der Waals surface area contributed by atoms with Gasteiger partial charge in [0.1, 0.15) is 17.3 Å². The highest BCUT2D eigenvalue weighted by atomic mass is 16.5. The number of nitrogens with one attached hydrogen (secondary N) is 1. The number of nitrogens with zero attached hydrogens (tertiary/aromatic N) is 1. The fourth-order valence-corrected chi connectivity index (χ4v) is 2.73. The average Bonchev–Trinajstić information content (AvgIpc) is 2.59. The second-order valence-corrected chi connectivity index (χ2v) is 6.19. The first-order valence-corrected chi connectivity index (χ1v) is 8.35. The van der Waals surface area contributed by atoms with Crippen LogP contribution in [0.25, 0.3) is 0 Å². The third kappa shape index (κ3) is 4.39. The zero-order valence-corrected chi connectivity index (χ0v) is 14.8. The molecule has 0 unspecified atom stereocenters. The number of ether oxygens (including phenoxy) is 1. The van der Waals surface area contributed by atoms with Gasteiger partial charge in [0.15, 0.2) is 0 Å². The number of rotatable bonds is 5. The Balaban J connectivity index is 1.67. The molecular formula is C21H21N3O2. The van der Waals surface area contributed by atoms with E-state index in [0.717, 1.165) is 28.2 Å². The molecule has 1 heterocycles. The molecule has 0 radical (unpaired) electrons. The number of aromatic nitrogens is 1. The van der Waals surface area contributed by atoms with Crippen molar-refractivity contribution >= 4 is 11.7 Å². The molecule has 0 saturated heterocycles. The minimum Gasteiger partial charge on any atom is -0.457 e. The number of hydrogen-bond donors (Lipinski definition) is 2. The van der Waals surface area contributed by atoms with Crippen molar-refractivity contribution in [3.63, 3.8) is 0 Å². The predicted octanol–water partition coefficient (Wildman–Crippen LogP) is 4.00. The number of nitrogen functional groups attached to an aromatic ring is 1. The number of pyridine rings is 1. The fraction of sp³-hybridized carbons (Fsp3) is 0.143. The smallest absolute Gasteiger partial charge is 0.255 e. The maximum atomic E-state index is 12.2. The molecule has 3 N–H and O–H groups in total. The Morgan fingerprint density at radius 2 is 1.81 bits per heavy atom. The summed E-state index contributed by atoms with van der Waals surface area (Å²) in [5.41, 5.74) is 9.34. The Bertz CT molecular complexity index is 918. The van der Waals surface area contributed by atoms with Crippen LogP contribution >= 0.6 is 0 Å². The first kappa shape index (κ1) is 17.5. The Morgan fingerprint density at radius 3 is 2.54 bits per heavy atom. The number of anilines is 1. The van der Waals surface area contributed by atoms with Gasteiger partial charge in [-0.25, -0.2) is 4.98 Å². The Kier molecular flexibility index (Phi) is 5.17. The normalized spacial score (nSPS) is 10.4. The van der Waals surface area contributed by atoms with E-state index in [-0.39, 0.29) is 11.7 Å². The molecular weight excluding hydrogens is 326 g/mol. The van der Waals surface area contributed by atoms with Gasteiger partial charge in [0.2, 0.25) is 0 Å². The molecule has 1 amide bonds. The highest BCUT2D eigenvalue weighted by Crippen LogP contribution is 2.24. The van der Waals surface area contributed by atoms with Crippen molar-refractivity contribution in [1.29, 1.82) is 0 Å². The minimum atomic E-state index is -0.253. The van der Waals surface area contributed by atoms with Gasteiger partial charge in [-0.15, -0.1) is 0 Å². The molecule has 5 heteroatoms. The standard InChI is InChI=1S/C21H21N3O2/c1-14-9-15(2)11-18(10-14)26-17-6-3-5-16(12-17)13-24-21(25)19-7-4-8-23-20(19)22/h3-12H,13H2,1-2H3,(H2,22,23)(H,24,25). The van der Waals surface area contributed by atoms with Crippen molar-refractivity contribution in [1.82, 2.24) is 10.3 Å². The van der Waals surface area contributed by atoms with E-state index in [1.807, 2.05) is 50.2 Å². The maximum Gasteiger partial charge on any atom is 0.255 e. The van der Waals surface area contributed by atoms with E-state index in [0.29, 0.717) is 12.1 Å². The van der Waals surface area contributed by atoms with Crippen LogP contribution in [-0.4, -0.2) is 10.9 Å². The van der Waals surface area contributed by atoms with E-state index in [2.05, 4.69) is 16.4 Å². The van der Waals surface area contributed by atoms with Gasteiger partial charge in [-0.1, -0.05) is 18.2 Å². The number of carbonyl (C=O) groups excluding carboxylic acids is 1. The molecule has 0 saturated carbocycles. The molecule has 1 aromatic heterocycles. The van der Waals surface area contributed by atoms with E-state index in [9.17, 15) is 4.79 Å². The largest absolute Gasteiger partial charge is 0.457 e. The summed E-state index contributed by atoms with van der Waals surface area (Å²) >= 11 is 0. The van der Waals surface area contributed by atoms with Gasteiger partial charge in [-0.05, 0) is 66.9 Å². The van der Waals surface area contributed by atoms with Crippen molar-refractivity contribution in [2.75, 3.05) is 5.73 Å². The lowest BCUT2D eigenvalue weighted by Gasteiger charge is -2.10. The summed E-state index contributed by atoms with van der Waals surface area (Å²) < 4.78 is 5.95. The molecule has 5 nitrogen and oxygen atoms in total. The van der Waals surface area contributed by atoms with Gasteiger partial charge >= 0.3 is 0 Å². The van der Waals surface area contributed by atoms with Crippen molar-refractivity contribution in [2.24, 2.45) is 0 Å². The number of aryl methyl sites for hydroxylation is 2. The Hall–Kier alpha value is -3.34. The maximum absolute atomic E-state index is 12.2. The van der Waals surface area contributed by atoms with Crippen LogP contribution in [0.2, 0.25) is 0 Å². The highest BCUT2D eigenvalue weighted by molar-refractivity contribution is 5.98. The minimum absolute atomic E-state index is 0.219. The van der Waals surface area contributed by atoms with Crippen LogP contribution in [0.4, 0.5) is 5.82 Å². The average molecular weight is 347 g/mol. The van der Waals surface area contributed by atoms with Gasteiger partial charge in [-0.3, -0.25) is 4.79 Å². The molecule has 0 aliphatic carbocycles. The lowest BCUT2D eigenvalue weighted by molar-refractivity contribution is 0.0951. The van der Waals surface area contributed by atoms with Crippen molar-refractivity contribution < 1.29 is 9.53 Å². The topological polar surface area (TPSA) is 77.2 Å². The predicted molar refractivity (Wildman–Crippen MR) is 102 cm³/mol. The number of benzene rings is 2. The van der Waals surface area contributed by atoms with Crippen LogP contribution in [0.15, 0.2) is 60.8 Å². The molecule has 0 aliphatic heterocycles. The van der Waals surface area contributed by atoms with Gasteiger partial charge in [0, 0.05) is 12.7 Å². The van der Waals surface area contributed by atoms with Gasteiger partial charge < -0.3 is 15.8 Å². The summed E-state index contributed by atoms with van der Waals surface area (Å²) in [7, 11) is 0. The second kappa shape index (κ2) is 7.70. The molecule has 0 aliphatic rings. The molecule has 0 fully saturated rings. The summed E-state index contributed by atoms with van der Waals surface area (Å²) in [5.74, 6) is 1.49. The van der Waals surface area contributed by atoms with Crippen LogP contribution < -0.4 is 15.8 Å². The summed E-state index contributed by atoms with van der Waals surface area (Å²) in [5, 5.41) is 2.85. The summed E-state index contributed by atoms with van der Waals surface area (Å²) in [6.07, 6.45) is 1.56. The second-order valence-electron chi connectivity index (χ2n) is 6.19. The van der Waals surface area contributed by atoms with Gasteiger partial charge in [0.25, 0.3) is 5.91 Å². The molecule has 26 heavy (non-hydrogen) atoms. The molecule has 132 valence electrons. The molecule has 0 spiro atoms. The molecule has 0 bridgehead atoms. The van der Waals surface area contributed by atoms with E-state index in [4.69, 9.17) is 10.5 Å². The molecule has 2 aromatic carbocycles. The summed E-state index contributed by atoms with van der Waals surface area (Å²) in [6, 6.07) is 17.1. The van der Waals surface area contributed by atoms with Crippen LogP contribution in [0, 0.1) is 13.8 Å². The quantitative estimate of drug-likeness (QED) is 0.731. The Morgan fingerprint density at radius 1 is 1.04 bits per heavy atom. The fourth-order valence-electron chi connectivity index (χ4n) is 2.73. The third-order valence-electron chi connectivity index (χ3n) is 3.87. The van der Waals surface area contributed by atoms with E-state index >= 15 is 0 Å². The zero-order valence-electron chi connectivity index (χ0n) is 14.8. The molecule has 3 aromatic rings. The number of amides is 1. The van der Waals surface area contributed by atoms with E-state index < -0.39 is 0 Å². The monoisotopic (exact) mass is 347 g/mol. The number of carbonyl (C=O) groups is 1. The third-order valence-corrected chi connectivity index (χ3v) is 3.87. The van der Waals surface area contributed by atoms with Gasteiger partial charge in [-0.2, -0.15) is 0 Å². The lowest BCUT2D eigenvalue weighted by atomic mass is 10.1. The summed E-state index contributed by atoms with van der Waals surface area (Å²) in [4.78, 5) is 16.2. The van der Waals surface area contributed by atoms with Crippen LogP contribution in [-0.2, 0) is 6.54 Å². The van der Waals surface area contributed by atoms with Crippen molar-refractivity contribution in [2.45, 2.75) is 20.4 Å². The SMILES string of the molecule is Cc1cc(C)cc(Oc2cccc(CNC(=O)c3cccnc3N)c2)c1. The van der Waals surface area contributed by atoms with Crippen LogP contribution in [0.5, 0.6) is 11.5 Å². The summed E-state index contributed by atoms with van der Waals surface area (Å²) in [6.45, 7) is 4.45. The molecule has 0 atom stereocenters. The van der Waals surface area contributed by atoms with Crippen molar-refractivity contribution in [3.8, 4) is 11.5 Å². The van der Waals surface area contributed by atoms with Crippen molar-refractivity contribution in [3.05, 3.63) is 83.0 Å². The van der Waals surface area contributed by atoms with Crippen LogP contribution in [0.1, 0.15) is 27.0 Å². The highest BCUT2D eigenvalue weighted by Gasteiger charge is 2.09. The number of nitrogens with two attached hydrogens (primary N) is 1. The van der Waals surface area contributed by atoms with E-state index in [1.165, 1.54) is 0 Å². The number of hydrogen-bond acceptors (Lipinski definition) is 4. The first-order valence-electron chi connectivity index (χ1n) is 8.35. The zero-order chi connectivity index (χ0) is 18.5. The Labute approximate surface area is 152 Å². The molecule has 3 rings (SSSR count). The van der Waals surface area contributed by atoms with Gasteiger partial charge in [0.05, 0.1) is 5.56 Å². The van der Waals surface area contributed by atoms with E-state index in [1.54, 1.807) is 18.3 Å². The first-order chi connectivity index (χ1) is 12.5. The van der Waals surface area contributed by atoms with Crippen LogP contribution in [0.3, 0.4) is 0 Å². The lowest BCUT2D eigenvalue weighted by Crippen LogP contribution is -2.24.